The first-order valence-electron chi connectivity index (χ1n) is 5.66. The molecule has 0 fully saturated rings. The molecule has 2 N–H and O–H groups in total. The van der Waals surface area contributed by atoms with Gasteiger partial charge in [0.25, 0.3) is 5.69 Å². The summed E-state index contributed by atoms with van der Waals surface area (Å²) in [6, 6.07) is 4.61. The maximum Gasteiger partial charge on any atom is 0.327 e. The van der Waals surface area contributed by atoms with Crippen LogP contribution in [0.1, 0.15) is 12.5 Å². The fourth-order valence-electron chi connectivity index (χ4n) is 1.45. The average Bonchev–Trinajstić information content (AvgIpc) is 2.42. The maximum absolute atomic E-state index is 11.0. The van der Waals surface area contributed by atoms with Gasteiger partial charge in [-0.1, -0.05) is 0 Å². The van der Waals surface area contributed by atoms with Crippen molar-refractivity contribution in [3.63, 3.8) is 0 Å². The number of nitro benzene ring substituents is 1. The monoisotopic (exact) mass is 309 g/mol. The number of thioether (sulfide) groups is 1. The number of nitro groups is 1. The topological polar surface area (TPSA) is 133 Å². The lowest BCUT2D eigenvalue weighted by Crippen LogP contribution is -2.41. The first kappa shape index (κ1) is 16.5. The summed E-state index contributed by atoms with van der Waals surface area (Å²) in [5, 5.41) is 30.8. The number of hydrogen-bond donors (Lipinski definition) is 2. The Bertz CT molecular complexity index is 626. The number of nitriles is 1. The smallest absolute Gasteiger partial charge is 0.327 e. The number of hydrogen-bond acceptors (Lipinski definition) is 6. The number of carbonyl (C=O) groups is 2. The number of rotatable bonds is 6. The van der Waals surface area contributed by atoms with Crippen molar-refractivity contribution in [1.29, 1.82) is 5.26 Å². The Labute approximate surface area is 123 Å². The summed E-state index contributed by atoms with van der Waals surface area (Å²) in [6.45, 7) is 1.20. The van der Waals surface area contributed by atoms with Gasteiger partial charge < -0.3 is 10.4 Å². The molecule has 1 atom stereocenters. The Morgan fingerprint density at radius 1 is 1.57 bits per heavy atom. The van der Waals surface area contributed by atoms with Crippen molar-refractivity contribution in [1.82, 2.24) is 5.32 Å². The van der Waals surface area contributed by atoms with E-state index < -0.39 is 22.8 Å². The Kier molecular flexibility index (Phi) is 5.68. The van der Waals surface area contributed by atoms with E-state index in [9.17, 15) is 19.7 Å². The van der Waals surface area contributed by atoms with Crippen molar-refractivity contribution in [2.24, 2.45) is 0 Å². The predicted octanol–water partition coefficient (Wildman–Crippen LogP) is 1.15. The molecule has 0 aromatic heterocycles. The zero-order chi connectivity index (χ0) is 16.0. The van der Waals surface area contributed by atoms with Crippen LogP contribution in [0.3, 0.4) is 0 Å². The number of carboxylic acid groups (broad SMARTS) is 1. The largest absolute Gasteiger partial charge is 0.480 e. The third kappa shape index (κ3) is 4.77. The van der Waals surface area contributed by atoms with E-state index in [-0.39, 0.29) is 17.0 Å². The van der Waals surface area contributed by atoms with Crippen LogP contribution in [0, 0.1) is 21.4 Å². The van der Waals surface area contributed by atoms with Gasteiger partial charge in [-0.15, -0.1) is 11.8 Å². The summed E-state index contributed by atoms with van der Waals surface area (Å²) < 4.78 is 0. The van der Waals surface area contributed by atoms with Crippen LogP contribution in [0.25, 0.3) is 0 Å². The lowest BCUT2D eigenvalue weighted by molar-refractivity contribution is -0.385. The number of amides is 1. The molecule has 0 aliphatic heterocycles. The van der Waals surface area contributed by atoms with E-state index in [0.29, 0.717) is 4.90 Å². The SMILES string of the molecule is CC(=O)NC(CSc1ccc(C#N)c([N+](=O)[O-])c1)C(=O)O. The van der Waals surface area contributed by atoms with E-state index in [1.54, 1.807) is 6.07 Å². The van der Waals surface area contributed by atoms with Crippen molar-refractivity contribution < 1.29 is 19.6 Å². The van der Waals surface area contributed by atoms with Crippen LogP contribution < -0.4 is 5.32 Å². The van der Waals surface area contributed by atoms with Crippen LogP contribution in [0.5, 0.6) is 0 Å². The quantitative estimate of drug-likeness (QED) is 0.457. The van der Waals surface area contributed by atoms with Gasteiger partial charge in [0.2, 0.25) is 5.91 Å². The number of carbonyl (C=O) groups excluding carboxylic acids is 1. The van der Waals surface area contributed by atoms with Gasteiger partial charge in [0.05, 0.1) is 4.92 Å². The molecule has 110 valence electrons. The number of nitrogens with zero attached hydrogens (tertiary/aromatic N) is 2. The van der Waals surface area contributed by atoms with E-state index >= 15 is 0 Å². The molecule has 1 amide bonds. The fraction of sp³-hybridized carbons (Fsp3) is 0.250. The highest BCUT2D eigenvalue weighted by atomic mass is 32.2. The Hall–Kier alpha value is -2.60. The van der Waals surface area contributed by atoms with E-state index in [1.807, 2.05) is 0 Å². The molecule has 0 aliphatic carbocycles. The highest BCUT2D eigenvalue weighted by Gasteiger charge is 2.20. The minimum absolute atomic E-state index is 0.0119. The predicted molar refractivity (Wildman–Crippen MR) is 73.8 cm³/mol. The van der Waals surface area contributed by atoms with Crippen LogP contribution in [0.2, 0.25) is 0 Å². The van der Waals surface area contributed by atoms with Gasteiger partial charge in [-0.3, -0.25) is 14.9 Å². The van der Waals surface area contributed by atoms with Crippen LogP contribution in [0.4, 0.5) is 5.69 Å². The molecule has 0 aliphatic rings. The van der Waals surface area contributed by atoms with Crippen molar-refractivity contribution in [2.45, 2.75) is 17.9 Å². The van der Waals surface area contributed by atoms with E-state index in [4.69, 9.17) is 10.4 Å². The molecule has 9 heteroatoms. The Morgan fingerprint density at radius 3 is 2.71 bits per heavy atom. The molecule has 1 aromatic rings. The van der Waals surface area contributed by atoms with Crippen molar-refractivity contribution >= 4 is 29.3 Å². The normalized spacial score (nSPS) is 11.2. The number of carboxylic acids is 1. The van der Waals surface area contributed by atoms with Crippen molar-refractivity contribution in [3.8, 4) is 6.07 Å². The number of nitrogens with one attached hydrogen (secondary N) is 1. The molecule has 0 saturated heterocycles. The second-order valence-electron chi connectivity index (χ2n) is 3.95. The van der Waals surface area contributed by atoms with Gasteiger partial charge in [-0.25, -0.2) is 4.79 Å². The van der Waals surface area contributed by atoms with Gasteiger partial charge in [-0.05, 0) is 12.1 Å². The summed E-state index contributed by atoms with van der Waals surface area (Å²) >= 11 is 1.04. The summed E-state index contributed by atoms with van der Waals surface area (Å²) in [5.41, 5.74) is -0.408. The van der Waals surface area contributed by atoms with Crippen LogP contribution in [0.15, 0.2) is 23.1 Å². The second-order valence-corrected chi connectivity index (χ2v) is 5.04. The molecule has 0 radical (unpaired) electrons. The van der Waals surface area contributed by atoms with E-state index in [1.165, 1.54) is 25.1 Å². The molecule has 1 unspecified atom stereocenters. The average molecular weight is 309 g/mol. The molecule has 21 heavy (non-hydrogen) atoms. The summed E-state index contributed by atoms with van der Waals surface area (Å²) in [7, 11) is 0. The summed E-state index contributed by atoms with van der Waals surface area (Å²) in [6.07, 6.45) is 0. The van der Waals surface area contributed by atoms with Gasteiger partial charge in [0.15, 0.2) is 0 Å². The van der Waals surface area contributed by atoms with Gasteiger partial charge in [-0.2, -0.15) is 5.26 Å². The first-order chi connectivity index (χ1) is 9.85. The van der Waals surface area contributed by atoms with Crippen molar-refractivity contribution in [2.75, 3.05) is 5.75 Å². The number of benzene rings is 1. The second kappa shape index (κ2) is 7.25. The molecule has 1 aromatic carbocycles. The minimum Gasteiger partial charge on any atom is -0.480 e. The lowest BCUT2D eigenvalue weighted by atomic mass is 10.2. The Morgan fingerprint density at radius 2 is 2.24 bits per heavy atom. The molecule has 0 saturated carbocycles. The third-order valence-corrected chi connectivity index (χ3v) is 3.47. The van der Waals surface area contributed by atoms with Crippen LogP contribution >= 0.6 is 11.8 Å². The zero-order valence-corrected chi connectivity index (χ0v) is 11.7. The highest BCUT2D eigenvalue weighted by molar-refractivity contribution is 7.99. The maximum atomic E-state index is 11.0. The molecular weight excluding hydrogens is 298 g/mol. The molecule has 0 bridgehead atoms. The van der Waals surface area contributed by atoms with Gasteiger partial charge in [0, 0.05) is 23.6 Å². The summed E-state index contributed by atoms with van der Waals surface area (Å²) in [4.78, 5) is 32.4. The zero-order valence-electron chi connectivity index (χ0n) is 10.9. The minimum atomic E-state index is -1.19. The van der Waals surface area contributed by atoms with Gasteiger partial charge in [0.1, 0.15) is 17.7 Å². The molecular formula is C12H11N3O5S. The molecule has 1 rings (SSSR count). The van der Waals surface area contributed by atoms with Crippen LogP contribution in [-0.2, 0) is 9.59 Å². The molecule has 0 heterocycles. The van der Waals surface area contributed by atoms with E-state index in [2.05, 4.69) is 5.32 Å². The Balaban J connectivity index is 2.86. The summed E-state index contributed by atoms with van der Waals surface area (Å²) in [5.74, 6) is -1.66. The standard InChI is InChI=1S/C12H11N3O5S/c1-7(16)14-10(12(17)18)6-21-9-3-2-8(5-13)11(4-9)15(19)20/h2-4,10H,6H2,1H3,(H,14,16)(H,17,18). The van der Waals surface area contributed by atoms with Gasteiger partial charge >= 0.3 is 5.97 Å². The highest BCUT2D eigenvalue weighted by Crippen LogP contribution is 2.26. The van der Waals surface area contributed by atoms with Crippen molar-refractivity contribution in [3.05, 3.63) is 33.9 Å². The first-order valence-corrected chi connectivity index (χ1v) is 6.65. The van der Waals surface area contributed by atoms with E-state index in [0.717, 1.165) is 11.8 Å². The third-order valence-electron chi connectivity index (χ3n) is 2.38. The molecule has 0 spiro atoms. The fourth-order valence-corrected chi connectivity index (χ4v) is 2.39. The molecule has 8 nitrogen and oxygen atoms in total. The lowest BCUT2D eigenvalue weighted by Gasteiger charge is -2.12. The van der Waals surface area contributed by atoms with Crippen LogP contribution in [-0.4, -0.2) is 33.7 Å². The number of aliphatic carboxylic acids is 1.